The minimum absolute atomic E-state index is 0.0618. The Morgan fingerprint density at radius 2 is 1.96 bits per heavy atom. The number of imidazole rings is 1. The number of alkyl halides is 3. The molecule has 1 atom stereocenters. The van der Waals surface area contributed by atoms with Crippen LogP contribution in [0.2, 0.25) is 5.02 Å². The number of halogens is 5. The van der Waals surface area contributed by atoms with Gasteiger partial charge in [0, 0.05) is 6.07 Å². The van der Waals surface area contributed by atoms with Crippen LogP contribution in [-0.4, -0.2) is 20.6 Å². The summed E-state index contributed by atoms with van der Waals surface area (Å²) >= 11 is 5.78. The van der Waals surface area contributed by atoms with Gasteiger partial charge in [0.1, 0.15) is 17.6 Å². The third-order valence-electron chi connectivity index (χ3n) is 4.13. The Labute approximate surface area is 161 Å². The molecule has 10 heteroatoms. The Balaban J connectivity index is 2.04. The van der Waals surface area contributed by atoms with E-state index in [0.29, 0.717) is 29.0 Å². The number of hydrogen-bond donors (Lipinski definition) is 1. The molecule has 0 aliphatic heterocycles. The molecule has 1 aromatic heterocycles. The summed E-state index contributed by atoms with van der Waals surface area (Å²) in [5, 5.41) is 8.72. The highest BCUT2D eigenvalue weighted by Gasteiger charge is 2.32. The Morgan fingerprint density at radius 1 is 1.29 bits per heavy atom. The molecule has 0 saturated heterocycles. The number of rotatable bonds is 4. The molecule has 0 spiro atoms. The lowest BCUT2D eigenvalue weighted by molar-refractivity contribution is -0.140. The standard InChI is InChI=1S/C18H13ClF4N2O3/c1-8(17(26)27)25-9(2)24-14-4-3-11(7-15(14)25)28-16-12(19)5-10(6-13(16)20)18(21,22)23/h3-8H,1-2H3,(H,26,27). The maximum atomic E-state index is 14.2. The van der Waals surface area contributed by atoms with Gasteiger partial charge in [0.05, 0.1) is 21.6 Å². The van der Waals surface area contributed by atoms with E-state index in [1.54, 1.807) is 6.92 Å². The van der Waals surface area contributed by atoms with Crippen molar-refractivity contribution in [3.8, 4) is 11.5 Å². The summed E-state index contributed by atoms with van der Waals surface area (Å²) in [6.07, 6.45) is -4.75. The van der Waals surface area contributed by atoms with Gasteiger partial charge in [-0.05, 0) is 38.1 Å². The van der Waals surface area contributed by atoms with Crippen LogP contribution in [0, 0.1) is 12.7 Å². The zero-order valence-electron chi connectivity index (χ0n) is 14.5. The Morgan fingerprint density at radius 3 is 2.54 bits per heavy atom. The SMILES string of the molecule is Cc1nc2ccc(Oc3c(F)cc(C(F)(F)F)cc3Cl)cc2n1C(C)C(=O)O. The highest BCUT2D eigenvalue weighted by atomic mass is 35.5. The summed E-state index contributed by atoms with van der Waals surface area (Å²) in [5.41, 5.74) is -0.341. The number of carboxylic acids is 1. The molecule has 5 nitrogen and oxygen atoms in total. The monoisotopic (exact) mass is 416 g/mol. The number of nitrogens with zero attached hydrogens (tertiary/aromatic N) is 2. The highest BCUT2D eigenvalue weighted by molar-refractivity contribution is 6.32. The quantitative estimate of drug-likeness (QED) is 0.563. The van der Waals surface area contributed by atoms with E-state index in [-0.39, 0.29) is 5.75 Å². The van der Waals surface area contributed by atoms with E-state index in [1.807, 2.05) is 0 Å². The molecule has 2 aromatic carbocycles. The molecule has 0 fully saturated rings. The molecule has 0 radical (unpaired) electrons. The van der Waals surface area contributed by atoms with E-state index in [1.165, 1.54) is 29.7 Å². The van der Waals surface area contributed by atoms with Gasteiger partial charge in [-0.25, -0.2) is 14.2 Å². The lowest BCUT2D eigenvalue weighted by atomic mass is 10.2. The molecular weight excluding hydrogens is 404 g/mol. The van der Waals surface area contributed by atoms with Crippen LogP contribution < -0.4 is 4.74 Å². The third kappa shape index (κ3) is 3.62. The average molecular weight is 417 g/mol. The van der Waals surface area contributed by atoms with Crippen molar-refractivity contribution in [2.24, 2.45) is 0 Å². The first kappa shape index (κ1) is 19.9. The van der Waals surface area contributed by atoms with Crippen LogP contribution in [-0.2, 0) is 11.0 Å². The fraction of sp³-hybridized carbons (Fsp3) is 0.222. The number of carbonyl (C=O) groups is 1. The van der Waals surface area contributed by atoms with Gasteiger partial charge in [0.2, 0.25) is 0 Å². The second kappa shape index (κ2) is 6.97. The van der Waals surface area contributed by atoms with Gasteiger partial charge in [0.25, 0.3) is 0 Å². The molecular formula is C18H13ClF4N2O3. The molecule has 28 heavy (non-hydrogen) atoms. The van der Waals surface area contributed by atoms with Gasteiger partial charge < -0.3 is 14.4 Å². The van der Waals surface area contributed by atoms with E-state index >= 15 is 0 Å². The smallest absolute Gasteiger partial charge is 0.416 e. The van der Waals surface area contributed by atoms with Crippen LogP contribution in [0.5, 0.6) is 11.5 Å². The summed E-state index contributed by atoms with van der Waals surface area (Å²) in [6, 6.07) is 4.31. The minimum Gasteiger partial charge on any atom is -0.480 e. The molecule has 0 amide bonds. The maximum absolute atomic E-state index is 14.2. The first-order valence-corrected chi connectivity index (χ1v) is 8.32. The zero-order valence-corrected chi connectivity index (χ0v) is 15.3. The highest BCUT2D eigenvalue weighted by Crippen LogP contribution is 2.39. The topological polar surface area (TPSA) is 64.4 Å². The second-order valence-corrected chi connectivity index (χ2v) is 6.47. The molecule has 0 saturated carbocycles. The number of carboxylic acid groups (broad SMARTS) is 1. The lowest BCUT2D eigenvalue weighted by Crippen LogP contribution is -2.16. The lowest BCUT2D eigenvalue weighted by Gasteiger charge is -2.14. The molecule has 0 aliphatic rings. The summed E-state index contributed by atoms with van der Waals surface area (Å²) < 4.78 is 59.2. The number of ether oxygens (including phenoxy) is 1. The molecule has 0 aliphatic carbocycles. The van der Waals surface area contributed by atoms with Gasteiger partial charge in [-0.1, -0.05) is 11.6 Å². The minimum atomic E-state index is -4.75. The number of hydrogen-bond acceptors (Lipinski definition) is 3. The van der Waals surface area contributed by atoms with Crippen molar-refractivity contribution >= 4 is 28.6 Å². The third-order valence-corrected chi connectivity index (χ3v) is 4.41. The maximum Gasteiger partial charge on any atom is 0.416 e. The zero-order chi connectivity index (χ0) is 20.8. The van der Waals surface area contributed by atoms with E-state index in [2.05, 4.69) is 4.98 Å². The predicted octanol–water partition coefficient (Wildman–Crippen LogP) is 5.59. The predicted molar refractivity (Wildman–Crippen MR) is 93.3 cm³/mol. The number of aliphatic carboxylic acids is 1. The normalized spacial score (nSPS) is 13.0. The molecule has 1 heterocycles. The molecule has 1 N–H and O–H groups in total. The van der Waals surface area contributed by atoms with Crippen LogP contribution in [0.3, 0.4) is 0 Å². The number of aryl methyl sites for hydroxylation is 1. The number of fused-ring (bicyclic) bond motifs is 1. The van der Waals surface area contributed by atoms with Gasteiger partial charge in [-0.15, -0.1) is 0 Å². The van der Waals surface area contributed by atoms with Crippen LogP contribution >= 0.6 is 11.6 Å². The summed E-state index contributed by atoms with van der Waals surface area (Å²) in [5.74, 6) is -2.41. The fourth-order valence-electron chi connectivity index (χ4n) is 2.79. The van der Waals surface area contributed by atoms with Gasteiger partial charge in [-0.3, -0.25) is 0 Å². The Bertz CT molecular complexity index is 1060. The van der Waals surface area contributed by atoms with Crippen LogP contribution in [0.25, 0.3) is 11.0 Å². The first-order chi connectivity index (χ1) is 13.0. The van der Waals surface area contributed by atoms with Crippen LogP contribution in [0.15, 0.2) is 30.3 Å². The summed E-state index contributed by atoms with van der Waals surface area (Å²) in [4.78, 5) is 15.6. The summed E-state index contributed by atoms with van der Waals surface area (Å²) in [6.45, 7) is 3.10. The van der Waals surface area contributed by atoms with Crippen molar-refractivity contribution in [1.29, 1.82) is 0 Å². The number of benzene rings is 2. The van der Waals surface area contributed by atoms with Crippen molar-refractivity contribution in [2.75, 3.05) is 0 Å². The average Bonchev–Trinajstić information content (AvgIpc) is 2.91. The largest absolute Gasteiger partial charge is 0.480 e. The fourth-order valence-corrected chi connectivity index (χ4v) is 3.04. The Kier molecular flexibility index (Phi) is 4.97. The summed E-state index contributed by atoms with van der Waals surface area (Å²) in [7, 11) is 0. The Hall–Kier alpha value is -2.81. The molecule has 1 unspecified atom stereocenters. The number of aromatic nitrogens is 2. The van der Waals surface area contributed by atoms with Gasteiger partial charge in [0.15, 0.2) is 11.6 Å². The van der Waals surface area contributed by atoms with E-state index in [4.69, 9.17) is 16.3 Å². The van der Waals surface area contributed by atoms with Crippen molar-refractivity contribution < 1.29 is 32.2 Å². The molecule has 148 valence electrons. The van der Waals surface area contributed by atoms with Crippen LogP contribution in [0.1, 0.15) is 24.4 Å². The van der Waals surface area contributed by atoms with Gasteiger partial charge >= 0.3 is 12.1 Å². The van der Waals surface area contributed by atoms with E-state index in [0.717, 1.165) is 0 Å². The van der Waals surface area contributed by atoms with Crippen molar-refractivity contribution in [3.05, 3.63) is 52.6 Å². The molecule has 0 bridgehead atoms. The first-order valence-electron chi connectivity index (χ1n) is 7.94. The van der Waals surface area contributed by atoms with E-state index < -0.39 is 40.3 Å². The molecule has 3 rings (SSSR count). The molecule has 3 aromatic rings. The van der Waals surface area contributed by atoms with Gasteiger partial charge in [-0.2, -0.15) is 13.2 Å². The van der Waals surface area contributed by atoms with Crippen molar-refractivity contribution in [1.82, 2.24) is 9.55 Å². The van der Waals surface area contributed by atoms with Crippen molar-refractivity contribution in [3.63, 3.8) is 0 Å². The van der Waals surface area contributed by atoms with Crippen molar-refractivity contribution in [2.45, 2.75) is 26.1 Å². The van der Waals surface area contributed by atoms with Crippen LogP contribution in [0.4, 0.5) is 17.6 Å². The second-order valence-electron chi connectivity index (χ2n) is 6.06. The van der Waals surface area contributed by atoms with E-state index in [9.17, 15) is 27.5 Å².